The van der Waals surface area contributed by atoms with Gasteiger partial charge in [0.25, 0.3) is 0 Å². The topological polar surface area (TPSA) is 38.8 Å². The minimum Gasteiger partial charge on any atom is -0.377 e. The Morgan fingerprint density at radius 3 is 2.61 bits per heavy atom. The summed E-state index contributed by atoms with van der Waals surface area (Å²) in [5.74, 6) is -0.0177. The van der Waals surface area contributed by atoms with Crippen molar-refractivity contribution in [2.75, 3.05) is 27.4 Å². The maximum atomic E-state index is 11.4. The molecule has 0 fully saturated rings. The molecular formula is C14H23NO3. The molecule has 0 aromatic heterocycles. The van der Waals surface area contributed by atoms with Gasteiger partial charge in [-0.3, -0.25) is 9.63 Å². The quantitative estimate of drug-likeness (QED) is 0.341. The van der Waals surface area contributed by atoms with E-state index in [1.54, 1.807) is 19.2 Å². The number of carbonyl (C=O) groups is 1. The first-order valence-corrected chi connectivity index (χ1v) is 5.98. The van der Waals surface area contributed by atoms with Crippen LogP contribution in [0.1, 0.15) is 19.3 Å². The van der Waals surface area contributed by atoms with E-state index in [0.29, 0.717) is 19.6 Å². The first-order chi connectivity index (χ1) is 8.65. The summed E-state index contributed by atoms with van der Waals surface area (Å²) in [4.78, 5) is 16.2. The summed E-state index contributed by atoms with van der Waals surface area (Å²) in [6.45, 7) is 8.46. The Kier molecular flexibility index (Phi) is 9.91. The lowest BCUT2D eigenvalue weighted by atomic mass is 10.2. The van der Waals surface area contributed by atoms with E-state index in [1.165, 1.54) is 12.2 Å². The summed E-state index contributed by atoms with van der Waals surface area (Å²) in [6, 6.07) is 0. The van der Waals surface area contributed by atoms with E-state index in [1.807, 2.05) is 6.08 Å². The van der Waals surface area contributed by atoms with Crippen molar-refractivity contribution < 1.29 is 14.4 Å². The molecule has 0 aliphatic rings. The van der Waals surface area contributed by atoms with Crippen molar-refractivity contribution in [1.29, 1.82) is 0 Å². The molecule has 18 heavy (non-hydrogen) atoms. The molecule has 0 heterocycles. The Labute approximate surface area is 110 Å². The van der Waals surface area contributed by atoms with Crippen LogP contribution in [-0.4, -0.2) is 38.3 Å². The Morgan fingerprint density at radius 1 is 1.33 bits per heavy atom. The third-order valence-corrected chi connectivity index (χ3v) is 2.42. The van der Waals surface area contributed by atoms with Gasteiger partial charge in [-0.05, 0) is 18.4 Å². The number of ether oxygens (including phenoxy) is 1. The summed E-state index contributed by atoms with van der Waals surface area (Å²) >= 11 is 0. The average molecular weight is 253 g/mol. The second kappa shape index (κ2) is 10.7. The number of hydrogen-bond donors (Lipinski definition) is 0. The summed E-state index contributed by atoms with van der Waals surface area (Å²) in [5.41, 5.74) is 1.00. The van der Waals surface area contributed by atoms with Gasteiger partial charge in [0.05, 0.1) is 13.7 Å². The lowest BCUT2D eigenvalue weighted by Crippen LogP contribution is -2.25. The van der Waals surface area contributed by atoms with Crippen molar-refractivity contribution in [3.05, 3.63) is 37.0 Å². The zero-order valence-electron chi connectivity index (χ0n) is 11.4. The maximum Gasteiger partial charge on any atom is 0.245 e. The van der Waals surface area contributed by atoms with Gasteiger partial charge in [-0.1, -0.05) is 31.4 Å². The van der Waals surface area contributed by atoms with E-state index in [9.17, 15) is 4.79 Å². The fourth-order valence-corrected chi connectivity index (χ4v) is 1.26. The average Bonchev–Trinajstić information content (AvgIpc) is 2.39. The van der Waals surface area contributed by atoms with Crippen molar-refractivity contribution in [3.8, 4) is 0 Å². The van der Waals surface area contributed by atoms with Gasteiger partial charge in [0.2, 0.25) is 5.91 Å². The van der Waals surface area contributed by atoms with E-state index in [2.05, 4.69) is 13.2 Å². The first kappa shape index (κ1) is 16.6. The van der Waals surface area contributed by atoms with Crippen LogP contribution in [0, 0.1) is 0 Å². The standard InChI is InChI=1S/C14H23NO3/c1-5-9-13(6-2)12-18-11-8-7-10-14(16)15(3)17-4/h5-6,9H,1-2,7-8,10-12H2,3-4H3/b13-9+. The monoisotopic (exact) mass is 253 g/mol. The highest BCUT2D eigenvalue weighted by Gasteiger charge is 2.06. The molecule has 102 valence electrons. The summed E-state index contributed by atoms with van der Waals surface area (Å²) in [5, 5.41) is 1.24. The minimum absolute atomic E-state index is 0.0177. The number of amides is 1. The molecule has 4 heteroatoms. The maximum absolute atomic E-state index is 11.4. The van der Waals surface area contributed by atoms with Gasteiger partial charge in [0.1, 0.15) is 0 Å². The molecule has 1 amide bonds. The summed E-state index contributed by atoms with van der Waals surface area (Å²) in [7, 11) is 3.08. The molecule has 0 aliphatic carbocycles. The van der Waals surface area contributed by atoms with Gasteiger partial charge in [-0.2, -0.15) is 0 Å². The zero-order chi connectivity index (χ0) is 13.8. The number of hydrogen-bond acceptors (Lipinski definition) is 3. The molecule has 0 spiro atoms. The highest BCUT2D eigenvalue weighted by molar-refractivity contribution is 5.74. The molecule has 4 nitrogen and oxygen atoms in total. The largest absolute Gasteiger partial charge is 0.377 e. The van der Waals surface area contributed by atoms with Crippen LogP contribution in [0.25, 0.3) is 0 Å². The second-order valence-corrected chi connectivity index (χ2v) is 3.76. The molecule has 0 bridgehead atoms. The molecule has 0 aromatic rings. The Hall–Kier alpha value is -1.39. The number of hydroxylamine groups is 2. The number of unbranched alkanes of at least 4 members (excludes halogenated alkanes) is 1. The first-order valence-electron chi connectivity index (χ1n) is 5.98. The molecular weight excluding hydrogens is 230 g/mol. The van der Waals surface area contributed by atoms with Gasteiger partial charge < -0.3 is 4.74 Å². The number of nitrogens with zero attached hydrogens (tertiary/aromatic N) is 1. The number of rotatable bonds is 10. The van der Waals surface area contributed by atoms with E-state index in [0.717, 1.165) is 18.4 Å². The summed E-state index contributed by atoms with van der Waals surface area (Å²) < 4.78 is 5.46. The van der Waals surface area contributed by atoms with Crippen molar-refractivity contribution in [2.45, 2.75) is 19.3 Å². The fourth-order valence-electron chi connectivity index (χ4n) is 1.26. The van der Waals surface area contributed by atoms with E-state index in [4.69, 9.17) is 9.57 Å². The lowest BCUT2D eigenvalue weighted by Gasteiger charge is -2.13. The highest BCUT2D eigenvalue weighted by Crippen LogP contribution is 2.02. The predicted molar refractivity (Wildman–Crippen MR) is 72.9 cm³/mol. The van der Waals surface area contributed by atoms with Crippen LogP contribution in [0.2, 0.25) is 0 Å². The van der Waals surface area contributed by atoms with E-state index in [-0.39, 0.29) is 5.91 Å². The number of allylic oxidation sites excluding steroid dienone is 2. The molecule has 0 atom stereocenters. The van der Waals surface area contributed by atoms with Crippen LogP contribution in [0.3, 0.4) is 0 Å². The molecule has 0 aromatic carbocycles. The Balaban J connectivity index is 3.57. The smallest absolute Gasteiger partial charge is 0.245 e. The van der Waals surface area contributed by atoms with Crippen molar-refractivity contribution >= 4 is 5.91 Å². The lowest BCUT2D eigenvalue weighted by molar-refractivity contribution is -0.168. The normalized spacial score (nSPS) is 11.1. The van der Waals surface area contributed by atoms with Gasteiger partial charge in [0, 0.05) is 20.1 Å². The molecule has 0 aliphatic heterocycles. The molecule has 0 saturated heterocycles. The zero-order valence-corrected chi connectivity index (χ0v) is 11.4. The Morgan fingerprint density at radius 2 is 2.06 bits per heavy atom. The number of carbonyl (C=O) groups excluding carboxylic acids is 1. The van der Waals surface area contributed by atoms with E-state index >= 15 is 0 Å². The molecule has 0 radical (unpaired) electrons. The Bertz CT molecular complexity index is 297. The third kappa shape index (κ3) is 7.81. The van der Waals surface area contributed by atoms with Crippen molar-refractivity contribution in [3.63, 3.8) is 0 Å². The molecule has 0 N–H and O–H groups in total. The van der Waals surface area contributed by atoms with Gasteiger partial charge in [-0.25, -0.2) is 5.06 Å². The second-order valence-electron chi connectivity index (χ2n) is 3.76. The van der Waals surface area contributed by atoms with Crippen LogP contribution >= 0.6 is 0 Å². The minimum atomic E-state index is -0.0177. The molecule has 0 unspecified atom stereocenters. The van der Waals surface area contributed by atoms with Gasteiger partial charge in [-0.15, -0.1) is 0 Å². The highest BCUT2D eigenvalue weighted by atomic mass is 16.7. The molecule has 0 rings (SSSR count). The fraction of sp³-hybridized carbons (Fsp3) is 0.500. The van der Waals surface area contributed by atoms with Crippen LogP contribution in [-0.2, 0) is 14.4 Å². The van der Waals surface area contributed by atoms with Crippen LogP contribution in [0.15, 0.2) is 37.0 Å². The third-order valence-electron chi connectivity index (χ3n) is 2.42. The summed E-state index contributed by atoms with van der Waals surface area (Å²) in [6.07, 6.45) is 7.44. The van der Waals surface area contributed by atoms with Gasteiger partial charge in [0.15, 0.2) is 0 Å². The van der Waals surface area contributed by atoms with Crippen LogP contribution in [0.4, 0.5) is 0 Å². The van der Waals surface area contributed by atoms with Crippen LogP contribution < -0.4 is 0 Å². The predicted octanol–water partition coefficient (Wildman–Crippen LogP) is 2.49. The van der Waals surface area contributed by atoms with Crippen molar-refractivity contribution in [1.82, 2.24) is 5.06 Å². The molecule has 0 saturated carbocycles. The van der Waals surface area contributed by atoms with E-state index < -0.39 is 0 Å². The van der Waals surface area contributed by atoms with Crippen LogP contribution in [0.5, 0.6) is 0 Å². The SMILES string of the molecule is C=C/C=C(\C=C)COCCCCC(=O)N(C)OC. The van der Waals surface area contributed by atoms with Gasteiger partial charge >= 0.3 is 0 Å². The van der Waals surface area contributed by atoms with Crippen molar-refractivity contribution in [2.24, 2.45) is 0 Å².